The molecule has 0 spiro atoms. The van der Waals surface area contributed by atoms with Gasteiger partial charge < -0.3 is 5.11 Å². The summed E-state index contributed by atoms with van der Waals surface area (Å²) in [7, 11) is 0. The number of hydrogen-bond donors (Lipinski definition) is 1. The maximum atomic E-state index is 10.6. The van der Waals surface area contributed by atoms with Crippen LogP contribution in [0.15, 0.2) is 18.3 Å². The molecule has 2 rings (SSSR count). The summed E-state index contributed by atoms with van der Waals surface area (Å²) in [5, 5.41) is 13.3. The van der Waals surface area contributed by atoms with Gasteiger partial charge >= 0.3 is 5.97 Å². The molecule has 0 amide bonds. The van der Waals surface area contributed by atoms with Crippen LogP contribution in [0, 0.1) is 0 Å². The van der Waals surface area contributed by atoms with E-state index >= 15 is 0 Å². The highest BCUT2D eigenvalue weighted by molar-refractivity contribution is 6.36. The molecular formula is C8H4Cl2N2O2. The normalized spacial score (nSPS) is 10.7. The molecular weight excluding hydrogens is 227 g/mol. The van der Waals surface area contributed by atoms with Crippen LogP contribution in [0.5, 0.6) is 0 Å². The van der Waals surface area contributed by atoms with E-state index < -0.39 is 5.97 Å². The van der Waals surface area contributed by atoms with Crippen molar-refractivity contribution in [3.05, 3.63) is 34.1 Å². The Morgan fingerprint density at radius 3 is 2.79 bits per heavy atom. The topological polar surface area (TPSA) is 54.6 Å². The molecule has 0 aliphatic rings. The van der Waals surface area contributed by atoms with Crippen molar-refractivity contribution < 1.29 is 9.90 Å². The standard InChI is InChI=1S/C8H4Cl2N2O2/c9-4-1-5(10)7-2-6(8(13)14)11-12(7)3-4/h1-3H,(H,13,14). The van der Waals surface area contributed by atoms with Crippen LogP contribution in [-0.4, -0.2) is 20.7 Å². The van der Waals surface area contributed by atoms with Crippen molar-refractivity contribution in [3.63, 3.8) is 0 Å². The van der Waals surface area contributed by atoms with Crippen molar-refractivity contribution >= 4 is 34.7 Å². The lowest BCUT2D eigenvalue weighted by atomic mass is 10.3. The molecule has 0 aliphatic carbocycles. The van der Waals surface area contributed by atoms with Gasteiger partial charge in [0, 0.05) is 12.3 Å². The van der Waals surface area contributed by atoms with Gasteiger partial charge in [-0.05, 0) is 6.07 Å². The number of hydrogen-bond acceptors (Lipinski definition) is 2. The highest BCUT2D eigenvalue weighted by atomic mass is 35.5. The largest absolute Gasteiger partial charge is 0.476 e. The molecule has 0 atom stereocenters. The molecule has 0 unspecified atom stereocenters. The Morgan fingerprint density at radius 2 is 2.14 bits per heavy atom. The van der Waals surface area contributed by atoms with E-state index in [-0.39, 0.29) is 5.69 Å². The van der Waals surface area contributed by atoms with Crippen molar-refractivity contribution in [3.8, 4) is 0 Å². The van der Waals surface area contributed by atoms with Gasteiger partial charge in [-0.1, -0.05) is 23.2 Å². The van der Waals surface area contributed by atoms with Gasteiger partial charge in [-0.15, -0.1) is 0 Å². The Hall–Kier alpha value is -1.26. The number of carboxylic acids is 1. The minimum atomic E-state index is -1.10. The van der Waals surface area contributed by atoms with Crippen molar-refractivity contribution in [1.82, 2.24) is 9.61 Å². The lowest BCUT2D eigenvalue weighted by Gasteiger charge is -1.95. The highest BCUT2D eigenvalue weighted by Gasteiger charge is 2.11. The third-order valence-corrected chi connectivity index (χ3v) is 2.22. The first-order valence-electron chi connectivity index (χ1n) is 3.65. The predicted octanol–water partition coefficient (Wildman–Crippen LogP) is 2.34. The van der Waals surface area contributed by atoms with Crippen LogP contribution in [0.4, 0.5) is 0 Å². The smallest absolute Gasteiger partial charge is 0.356 e. The molecule has 0 bridgehead atoms. The third kappa shape index (κ3) is 1.42. The van der Waals surface area contributed by atoms with Crippen molar-refractivity contribution in [2.45, 2.75) is 0 Å². The average molecular weight is 231 g/mol. The lowest BCUT2D eigenvalue weighted by Crippen LogP contribution is -1.97. The molecule has 72 valence electrons. The predicted molar refractivity (Wildman–Crippen MR) is 52.2 cm³/mol. The first kappa shape index (κ1) is 9.30. The van der Waals surface area contributed by atoms with E-state index in [1.54, 1.807) is 0 Å². The van der Waals surface area contributed by atoms with E-state index in [4.69, 9.17) is 28.3 Å². The number of aromatic nitrogens is 2. The van der Waals surface area contributed by atoms with E-state index in [2.05, 4.69) is 5.10 Å². The number of halogens is 2. The second kappa shape index (κ2) is 3.15. The maximum Gasteiger partial charge on any atom is 0.356 e. The van der Waals surface area contributed by atoms with E-state index in [1.165, 1.54) is 22.8 Å². The van der Waals surface area contributed by atoms with Gasteiger partial charge in [-0.25, -0.2) is 9.31 Å². The fraction of sp³-hybridized carbons (Fsp3) is 0. The number of carboxylic acid groups (broad SMARTS) is 1. The zero-order valence-corrected chi connectivity index (χ0v) is 8.25. The highest BCUT2D eigenvalue weighted by Crippen LogP contribution is 2.22. The molecule has 0 aliphatic heterocycles. The zero-order valence-electron chi connectivity index (χ0n) is 6.74. The van der Waals surface area contributed by atoms with Crippen molar-refractivity contribution in [1.29, 1.82) is 0 Å². The minimum absolute atomic E-state index is 0.0610. The number of rotatable bonds is 1. The van der Waals surface area contributed by atoms with E-state index in [9.17, 15) is 4.79 Å². The molecule has 2 aromatic rings. The van der Waals surface area contributed by atoms with E-state index in [0.29, 0.717) is 15.6 Å². The van der Waals surface area contributed by atoms with Crippen LogP contribution in [0.3, 0.4) is 0 Å². The number of aromatic carboxylic acids is 1. The molecule has 6 heteroatoms. The van der Waals surface area contributed by atoms with Gasteiger partial charge in [0.1, 0.15) is 0 Å². The Balaban J connectivity index is 2.76. The maximum absolute atomic E-state index is 10.6. The number of fused-ring (bicyclic) bond motifs is 1. The molecule has 0 saturated heterocycles. The van der Waals surface area contributed by atoms with E-state index in [1.807, 2.05) is 0 Å². The number of pyridine rings is 1. The van der Waals surface area contributed by atoms with Crippen molar-refractivity contribution in [2.75, 3.05) is 0 Å². The third-order valence-electron chi connectivity index (χ3n) is 1.71. The second-order valence-corrected chi connectivity index (χ2v) is 3.51. The van der Waals surface area contributed by atoms with Crippen LogP contribution in [-0.2, 0) is 0 Å². The van der Waals surface area contributed by atoms with Gasteiger partial charge in [0.05, 0.1) is 15.6 Å². The summed E-state index contributed by atoms with van der Waals surface area (Å²) >= 11 is 11.6. The Bertz CT molecular complexity index is 521. The molecule has 0 aromatic carbocycles. The Labute approximate surface area is 88.7 Å². The van der Waals surface area contributed by atoms with Gasteiger partial charge in [-0.3, -0.25) is 0 Å². The Kier molecular flexibility index (Phi) is 2.09. The SMILES string of the molecule is O=C(O)c1cc2c(Cl)cc(Cl)cn2n1. The fourth-order valence-corrected chi connectivity index (χ4v) is 1.64. The average Bonchev–Trinajstić information content (AvgIpc) is 2.47. The molecule has 0 radical (unpaired) electrons. The minimum Gasteiger partial charge on any atom is -0.476 e. The summed E-state index contributed by atoms with van der Waals surface area (Å²) in [5.41, 5.74) is 0.461. The number of nitrogens with zero attached hydrogens (tertiary/aromatic N) is 2. The van der Waals surface area contributed by atoms with Gasteiger partial charge in [0.15, 0.2) is 5.69 Å². The monoisotopic (exact) mass is 230 g/mol. The zero-order chi connectivity index (χ0) is 10.3. The first-order valence-corrected chi connectivity index (χ1v) is 4.41. The number of carbonyl (C=O) groups is 1. The summed E-state index contributed by atoms with van der Waals surface area (Å²) in [4.78, 5) is 10.6. The molecule has 1 N–H and O–H groups in total. The Morgan fingerprint density at radius 1 is 1.43 bits per heavy atom. The van der Waals surface area contributed by atoms with Crippen LogP contribution < -0.4 is 0 Å². The molecule has 0 saturated carbocycles. The first-order chi connectivity index (χ1) is 6.58. The molecule has 4 nitrogen and oxygen atoms in total. The summed E-state index contributed by atoms with van der Waals surface area (Å²) in [6.45, 7) is 0. The van der Waals surface area contributed by atoms with Gasteiger partial charge in [0.25, 0.3) is 0 Å². The van der Waals surface area contributed by atoms with Crippen LogP contribution in [0.2, 0.25) is 10.0 Å². The second-order valence-electron chi connectivity index (χ2n) is 2.67. The lowest BCUT2D eigenvalue weighted by molar-refractivity contribution is 0.0690. The van der Waals surface area contributed by atoms with Crippen LogP contribution in [0.25, 0.3) is 5.52 Å². The van der Waals surface area contributed by atoms with Crippen LogP contribution >= 0.6 is 23.2 Å². The fourth-order valence-electron chi connectivity index (χ4n) is 1.12. The molecule has 0 fully saturated rings. The van der Waals surface area contributed by atoms with E-state index in [0.717, 1.165) is 0 Å². The summed E-state index contributed by atoms with van der Waals surface area (Å²) in [5.74, 6) is -1.10. The van der Waals surface area contributed by atoms with Gasteiger partial charge in [0.2, 0.25) is 0 Å². The van der Waals surface area contributed by atoms with Crippen molar-refractivity contribution in [2.24, 2.45) is 0 Å². The van der Waals surface area contributed by atoms with Gasteiger partial charge in [-0.2, -0.15) is 5.10 Å². The molecule has 2 heterocycles. The quantitative estimate of drug-likeness (QED) is 0.819. The van der Waals surface area contributed by atoms with Crippen LogP contribution in [0.1, 0.15) is 10.5 Å². The molecule has 2 aromatic heterocycles. The summed E-state index contributed by atoms with van der Waals surface area (Å²) in [6, 6.07) is 2.92. The summed E-state index contributed by atoms with van der Waals surface area (Å²) in [6.07, 6.45) is 1.50. The molecule has 14 heavy (non-hydrogen) atoms. The summed E-state index contributed by atoms with van der Waals surface area (Å²) < 4.78 is 1.34.